The van der Waals surface area contributed by atoms with E-state index in [1.165, 1.54) is 18.4 Å². The molecule has 1 unspecified atom stereocenters. The molecule has 106 valence electrons. The molecule has 1 fully saturated rings. The van der Waals surface area contributed by atoms with Crippen LogP contribution in [0.5, 0.6) is 0 Å². The number of ether oxygens (including phenoxy) is 1. The molecule has 3 heteroatoms. The third kappa shape index (κ3) is 4.84. The number of para-hydroxylation sites is 1. The highest BCUT2D eigenvalue weighted by Gasteiger charge is 2.21. The number of hydrogen-bond donors (Lipinski definition) is 2. The average Bonchev–Trinajstić information content (AvgIpc) is 3.20. The molecule has 2 N–H and O–H groups in total. The van der Waals surface area contributed by atoms with E-state index in [0.717, 1.165) is 18.2 Å². The van der Waals surface area contributed by atoms with Crippen LogP contribution in [0.15, 0.2) is 24.3 Å². The Morgan fingerprint density at radius 1 is 1.32 bits per heavy atom. The third-order valence-corrected chi connectivity index (χ3v) is 3.47. The van der Waals surface area contributed by atoms with Crippen molar-refractivity contribution in [3.8, 4) is 0 Å². The summed E-state index contributed by atoms with van der Waals surface area (Å²) < 4.78 is 5.50. The van der Waals surface area contributed by atoms with Gasteiger partial charge < -0.3 is 15.2 Å². The Hall–Kier alpha value is -1.06. The van der Waals surface area contributed by atoms with Crippen LogP contribution in [-0.4, -0.2) is 31.0 Å². The zero-order valence-electron chi connectivity index (χ0n) is 11.9. The number of benzene rings is 1. The van der Waals surface area contributed by atoms with Crippen molar-refractivity contribution in [2.24, 2.45) is 5.92 Å². The van der Waals surface area contributed by atoms with E-state index >= 15 is 0 Å². The van der Waals surface area contributed by atoms with Gasteiger partial charge in [0.05, 0.1) is 12.7 Å². The van der Waals surface area contributed by atoms with Crippen LogP contribution < -0.4 is 5.32 Å². The largest absolute Gasteiger partial charge is 0.389 e. The quantitative estimate of drug-likeness (QED) is 0.757. The maximum Gasteiger partial charge on any atom is 0.0945 e. The highest BCUT2D eigenvalue weighted by atomic mass is 16.5. The lowest BCUT2D eigenvalue weighted by Crippen LogP contribution is -2.25. The van der Waals surface area contributed by atoms with Crippen molar-refractivity contribution in [2.45, 2.75) is 38.7 Å². The molecule has 0 bridgehead atoms. The summed E-state index contributed by atoms with van der Waals surface area (Å²) in [7, 11) is 0. The summed E-state index contributed by atoms with van der Waals surface area (Å²) in [5.41, 5.74) is 2.40. The van der Waals surface area contributed by atoms with Crippen molar-refractivity contribution in [3.63, 3.8) is 0 Å². The Morgan fingerprint density at radius 3 is 2.74 bits per heavy atom. The van der Waals surface area contributed by atoms with Gasteiger partial charge in [0.1, 0.15) is 0 Å². The minimum absolute atomic E-state index is 0.424. The Balaban J connectivity index is 1.74. The van der Waals surface area contributed by atoms with Crippen LogP contribution in [0.25, 0.3) is 0 Å². The molecule has 1 aliphatic carbocycles. The van der Waals surface area contributed by atoms with Gasteiger partial charge in [0.2, 0.25) is 0 Å². The van der Waals surface area contributed by atoms with Crippen LogP contribution in [0.2, 0.25) is 0 Å². The molecule has 0 heterocycles. The van der Waals surface area contributed by atoms with Gasteiger partial charge in [0, 0.05) is 18.8 Å². The third-order valence-electron chi connectivity index (χ3n) is 3.47. The first-order valence-electron chi connectivity index (χ1n) is 7.25. The Morgan fingerprint density at radius 2 is 2.05 bits per heavy atom. The maximum atomic E-state index is 9.89. The lowest BCUT2D eigenvalue weighted by molar-refractivity contribution is 0.0386. The Bertz CT molecular complexity index is 388. The molecule has 19 heavy (non-hydrogen) atoms. The smallest absolute Gasteiger partial charge is 0.0945 e. The topological polar surface area (TPSA) is 41.5 Å². The highest BCUT2D eigenvalue weighted by Crippen LogP contribution is 2.28. The predicted molar refractivity (Wildman–Crippen MR) is 78.6 cm³/mol. The molecular weight excluding hydrogens is 238 g/mol. The van der Waals surface area contributed by atoms with Gasteiger partial charge in [-0.05, 0) is 36.3 Å². The van der Waals surface area contributed by atoms with Gasteiger partial charge >= 0.3 is 0 Å². The standard InChI is InChI=1S/C16H25NO2/c1-12(2)15-5-3-4-6-16(15)17-9-14(18)11-19-10-13-7-8-13/h3-6,12-14,17-18H,7-11H2,1-2H3. The molecule has 1 saturated carbocycles. The molecule has 0 aliphatic heterocycles. The maximum absolute atomic E-state index is 9.89. The van der Waals surface area contributed by atoms with Crippen LogP contribution in [0.1, 0.15) is 38.2 Å². The fraction of sp³-hybridized carbons (Fsp3) is 0.625. The molecule has 0 spiro atoms. The van der Waals surface area contributed by atoms with Gasteiger partial charge in [-0.1, -0.05) is 32.0 Å². The molecule has 0 radical (unpaired) electrons. The van der Waals surface area contributed by atoms with Gasteiger partial charge in [-0.3, -0.25) is 0 Å². The van der Waals surface area contributed by atoms with E-state index in [-0.39, 0.29) is 0 Å². The number of aliphatic hydroxyl groups excluding tert-OH is 1. The van der Waals surface area contributed by atoms with Crippen LogP contribution in [0.4, 0.5) is 5.69 Å². The Kier molecular flexibility index (Phi) is 5.23. The molecule has 1 aromatic rings. The molecule has 3 nitrogen and oxygen atoms in total. The first-order valence-corrected chi connectivity index (χ1v) is 7.25. The van der Waals surface area contributed by atoms with Crippen molar-refractivity contribution < 1.29 is 9.84 Å². The van der Waals surface area contributed by atoms with E-state index in [1.54, 1.807) is 0 Å². The molecule has 0 saturated heterocycles. The van der Waals surface area contributed by atoms with Gasteiger partial charge in [0.15, 0.2) is 0 Å². The zero-order valence-corrected chi connectivity index (χ0v) is 11.9. The van der Waals surface area contributed by atoms with Gasteiger partial charge in [0.25, 0.3) is 0 Å². The monoisotopic (exact) mass is 263 g/mol. The van der Waals surface area contributed by atoms with Crippen molar-refractivity contribution in [1.29, 1.82) is 0 Å². The van der Waals surface area contributed by atoms with Crippen molar-refractivity contribution >= 4 is 5.69 Å². The number of nitrogens with one attached hydrogen (secondary N) is 1. The lowest BCUT2D eigenvalue weighted by Gasteiger charge is -2.17. The normalized spacial score (nSPS) is 16.6. The fourth-order valence-corrected chi connectivity index (χ4v) is 2.10. The second-order valence-electron chi connectivity index (χ2n) is 5.76. The zero-order chi connectivity index (χ0) is 13.7. The molecule has 1 aromatic carbocycles. The van der Waals surface area contributed by atoms with Crippen LogP contribution in [0.3, 0.4) is 0 Å². The average molecular weight is 263 g/mol. The minimum atomic E-state index is -0.445. The van der Waals surface area contributed by atoms with Crippen molar-refractivity contribution in [1.82, 2.24) is 0 Å². The number of anilines is 1. The number of aliphatic hydroxyl groups is 1. The number of hydrogen-bond acceptors (Lipinski definition) is 3. The second kappa shape index (κ2) is 6.92. The van der Waals surface area contributed by atoms with E-state index in [9.17, 15) is 5.11 Å². The summed E-state index contributed by atoms with van der Waals surface area (Å²) in [6.45, 7) is 6.12. The van der Waals surface area contributed by atoms with E-state index < -0.39 is 6.10 Å². The first kappa shape index (κ1) is 14.4. The molecule has 2 rings (SSSR count). The molecule has 0 aromatic heterocycles. The van der Waals surface area contributed by atoms with Crippen LogP contribution in [-0.2, 0) is 4.74 Å². The van der Waals surface area contributed by atoms with Crippen molar-refractivity contribution in [2.75, 3.05) is 25.1 Å². The van der Waals surface area contributed by atoms with E-state index in [2.05, 4.69) is 37.4 Å². The van der Waals surface area contributed by atoms with Gasteiger partial charge in [-0.2, -0.15) is 0 Å². The SMILES string of the molecule is CC(C)c1ccccc1NCC(O)COCC1CC1. The van der Waals surface area contributed by atoms with Crippen LogP contribution >= 0.6 is 0 Å². The summed E-state index contributed by atoms with van der Waals surface area (Å²) in [6.07, 6.45) is 2.13. The van der Waals surface area contributed by atoms with E-state index in [1.807, 2.05) is 6.07 Å². The summed E-state index contributed by atoms with van der Waals surface area (Å²) in [5.74, 6) is 1.23. The highest BCUT2D eigenvalue weighted by molar-refractivity contribution is 5.52. The second-order valence-corrected chi connectivity index (χ2v) is 5.76. The lowest BCUT2D eigenvalue weighted by atomic mass is 10.0. The van der Waals surface area contributed by atoms with E-state index in [0.29, 0.717) is 19.1 Å². The first-order chi connectivity index (χ1) is 9.16. The van der Waals surface area contributed by atoms with Gasteiger partial charge in [-0.15, -0.1) is 0 Å². The van der Waals surface area contributed by atoms with Gasteiger partial charge in [-0.25, -0.2) is 0 Å². The van der Waals surface area contributed by atoms with Crippen LogP contribution in [0, 0.1) is 5.92 Å². The number of rotatable bonds is 8. The summed E-state index contributed by atoms with van der Waals surface area (Å²) >= 11 is 0. The molecular formula is C16H25NO2. The fourth-order valence-electron chi connectivity index (χ4n) is 2.10. The summed E-state index contributed by atoms with van der Waals surface area (Å²) in [6, 6.07) is 8.26. The molecule has 1 aliphatic rings. The summed E-state index contributed by atoms with van der Waals surface area (Å²) in [5, 5.41) is 13.2. The van der Waals surface area contributed by atoms with Crippen molar-refractivity contribution in [3.05, 3.63) is 29.8 Å². The molecule has 0 amide bonds. The Labute approximate surface area is 116 Å². The summed E-state index contributed by atoms with van der Waals surface area (Å²) in [4.78, 5) is 0. The molecule has 1 atom stereocenters. The minimum Gasteiger partial charge on any atom is -0.389 e. The van der Waals surface area contributed by atoms with E-state index in [4.69, 9.17) is 4.74 Å². The predicted octanol–water partition coefficient (Wildman–Crippen LogP) is 3.01.